The fourth-order valence-corrected chi connectivity index (χ4v) is 3.44. The van der Waals surface area contributed by atoms with E-state index in [0.717, 1.165) is 14.7 Å². The number of hydrogen-bond acceptors (Lipinski definition) is 5. The molecule has 3 aromatic rings. The first-order valence-corrected chi connectivity index (χ1v) is 9.86. The van der Waals surface area contributed by atoms with E-state index in [1.165, 1.54) is 12.1 Å². The minimum atomic E-state index is -0.477. The van der Waals surface area contributed by atoms with Crippen molar-refractivity contribution in [3.8, 4) is 17.9 Å². The summed E-state index contributed by atoms with van der Waals surface area (Å²) >= 11 is 2.15. The predicted molar refractivity (Wildman–Crippen MR) is 121 cm³/mol. The molecule has 0 fully saturated rings. The Morgan fingerprint density at radius 2 is 1.83 bits per heavy atom. The van der Waals surface area contributed by atoms with Crippen LogP contribution in [0.1, 0.15) is 22.3 Å². The molecule has 0 heterocycles. The van der Waals surface area contributed by atoms with Gasteiger partial charge in [-0.15, -0.1) is 0 Å². The molecule has 0 aliphatic rings. The molecule has 3 aromatic carbocycles. The predicted octanol–water partition coefficient (Wildman–Crippen LogP) is 5.71. The molecule has 0 aliphatic carbocycles. The number of nitrogens with zero attached hydrogens (tertiary/aromatic N) is 3. The van der Waals surface area contributed by atoms with E-state index in [1.54, 1.807) is 24.3 Å². The van der Waals surface area contributed by atoms with Crippen molar-refractivity contribution in [1.82, 2.24) is 0 Å². The molecule has 0 spiro atoms. The molecule has 0 atom stereocenters. The third kappa shape index (κ3) is 5.02. The molecule has 0 saturated heterocycles. The van der Waals surface area contributed by atoms with Gasteiger partial charge in [-0.25, -0.2) is 0 Å². The van der Waals surface area contributed by atoms with Crippen LogP contribution in [-0.2, 0) is 6.61 Å². The number of nitro groups is 1. The number of hydrogen-bond donors (Lipinski definition) is 0. The number of nitro benzene ring substituents is 1. The summed E-state index contributed by atoms with van der Waals surface area (Å²) in [5, 5.41) is 29.5. The lowest BCUT2D eigenvalue weighted by molar-refractivity contribution is -0.384. The average molecular weight is 507 g/mol. The van der Waals surface area contributed by atoms with Gasteiger partial charge in [-0.3, -0.25) is 10.1 Å². The standard InChI is InChI=1S/C23H14IN3O3/c24-22-12-16(11-20(14-26)17-6-8-21(9-7-17)27(28)29)5-10-23(22)30-15-19-4-2-1-3-18(19)13-25/h1-12H,15H2/b20-11-. The Hall–Kier alpha value is -3.69. The minimum absolute atomic E-state index is 0.0231. The maximum Gasteiger partial charge on any atom is 0.269 e. The van der Waals surface area contributed by atoms with Crippen LogP contribution in [0.2, 0.25) is 0 Å². The first-order valence-electron chi connectivity index (χ1n) is 8.79. The molecule has 0 amide bonds. The van der Waals surface area contributed by atoms with Crippen molar-refractivity contribution in [3.05, 3.63) is 103 Å². The summed E-state index contributed by atoms with van der Waals surface area (Å²) in [5.41, 5.74) is 3.17. The van der Waals surface area contributed by atoms with E-state index >= 15 is 0 Å². The van der Waals surface area contributed by atoms with Crippen LogP contribution in [-0.4, -0.2) is 4.92 Å². The van der Waals surface area contributed by atoms with Gasteiger partial charge in [-0.05, 0) is 70.1 Å². The van der Waals surface area contributed by atoms with Gasteiger partial charge >= 0.3 is 0 Å². The number of benzene rings is 3. The van der Waals surface area contributed by atoms with Crippen LogP contribution in [0.5, 0.6) is 5.75 Å². The van der Waals surface area contributed by atoms with Crippen molar-refractivity contribution in [2.75, 3.05) is 0 Å². The van der Waals surface area contributed by atoms with Gasteiger partial charge in [0.25, 0.3) is 5.69 Å². The van der Waals surface area contributed by atoms with E-state index in [4.69, 9.17) is 4.74 Å². The van der Waals surface area contributed by atoms with Crippen LogP contribution >= 0.6 is 22.6 Å². The highest BCUT2D eigenvalue weighted by molar-refractivity contribution is 14.1. The monoisotopic (exact) mass is 507 g/mol. The molecular formula is C23H14IN3O3. The molecule has 0 radical (unpaired) electrons. The molecule has 6 nitrogen and oxygen atoms in total. The molecule has 0 aliphatic heterocycles. The minimum Gasteiger partial charge on any atom is -0.488 e. The van der Waals surface area contributed by atoms with Crippen LogP contribution in [0.3, 0.4) is 0 Å². The van der Waals surface area contributed by atoms with Gasteiger partial charge in [0.05, 0.1) is 31.8 Å². The van der Waals surface area contributed by atoms with Gasteiger partial charge < -0.3 is 4.74 Å². The Morgan fingerprint density at radius 3 is 2.47 bits per heavy atom. The SMILES string of the molecule is N#C/C(=C/c1ccc(OCc2ccccc2C#N)c(I)c1)c1ccc([N+](=O)[O-])cc1. The van der Waals surface area contributed by atoms with Gasteiger partial charge in [0, 0.05) is 17.7 Å². The zero-order valence-electron chi connectivity index (χ0n) is 15.6. The molecular weight excluding hydrogens is 493 g/mol. The summed E-state index contributed by atoms with van der Waals surface area (Å²) in [6, 6.07) is 23.0. The maximum absolute atomic E-state index is 10.8. The maximum atomic E-state index is 10.8. The molecule has 0 unspecified atom stereocenters. The Kier molecular flexibility index (Phi) is 6.79. The lowest BCUT2D eigenvalue weighted by Crippen LogP contribution is -1.99. The van der Waals surface area contributed by atoms with Crippen molar-refractivity contribution in [2.45, 2.75) is 6.61 Å². The van der Waals surface area contributed by atoms with E-state index in [2.05, 4.69) is 34.7 Å². The second kappa shape index (κ2) is 9.68. The van der Waals surface area contributed by atoms with Gasteiger partial charge in [-0.1, -0.05) is 24.3 Å². The van der Waals surface area contributed by atoms with Crippen molar-refractivity contribution < 1.29 is 9.66 Å². The Labute approximate surface area is 186 Å². The zero-order chi connectivity index (χ0) is 21.5. The Morgan fingerprint density at radius 1 is 1.10 bits per heavy atom. The third-order valence-corrected chi connectivity index (χ3v) is 5.14. The molecule has 146 valence electrons. The number of allylic oxidation sites excluding steroid dienone is 1. The van der Waals surface area contributed by atoms with Crippen molar-refractivity contribution in [1.29, 1.82) is 10.5 Å². The highest BCUT2D eigenvalue weighted by Gasteiger charge is 2.09. The van der Waals surface area contributed by atoms with E-state index in [-0.39, 0.29) is 12.3 Å². The van der Waals surface area contributed by atoms with E-state index in [0.29, 0.717) is 22.4 Å². The van der Waals surface area contributed by atoms with E-state index in [1.807, 2.05) is 36.4 Å². The molecule has 3 rings (SSSR count). The summed E-state index contributed by atoms with van der Waals surface area (Å²) in [6.45, 7) is 0.279. The number of rotatable bonds is 6. The number of ether oxygens (including phenoxy) is 1. The van der Waals surface area contributed by atoms with Crippen LogP contribution in [0.15, 0.2) is 66.7 Å². The average Bonchev–Trinajstić information content (AvgIpc) is 2.77. The Balaban J connectivity index is 1.79. The molecule has 0 aromatic heterocycles. The first-order chi connectivity index (χ1) is 14.5. The third-order valence-electron chi connectivity index (χ3n) is 4.30. The number of nitriles is 2. The van der Waals surface area contributed by atoms with Gasteiger partial charge in [0.2, 0.25) is 0 Å². The first kappa shape index (κ1) is 21.0. The molecule has 30 heavy (non-hydrogen) atoms. The number of halogens is 1. The summed E-state index contributed by atoms with van der Waals surface area (Å²) in [7, 11) is 0. The normalized spacial score (nSPS) is 10.7. The van der Waals surface area contributed by atoms with Crippen molar-refractivity contribution in [3.63, 3.8) is 0 Å². The lowest BCUT2D eigenvalue weighted by atomic mass is 10.0. The topological polar surface area (TPSA) is 99.9 Å². The molecule has 0 saturated carbocycles. The van der Waals surface area contributed by atoms with Crippen molar-refractivity contribution >= 4 is 39.9 Å². The molecule has 7 heteroatoms. The van der Waals surface area contributed by atoms with E-state index < -0.39 is 4.92 Å². The highest BCUT2D eigenvalue weighted by Crippen LogP contribution is 2.26. The second-order valence-electron chi connectivity index (χ2n) is 6.22. The summed E-state index contributed by atoms with van der Waals surface area (Å²) in [5.74, 6) is 0.675. The Bertz CT molecular complexity index is 1210. The van der Waals surface area contributed by atoms with E-state index in [9.17, 15) is 20.6 Å². The fraction of sp³-hybridized carbons (Fsp3) is 0.0435. The van der Waals surface area contributed by atoms with Crippen LogP contribution in [0.25, 0.3) is 11.6 Å². The fourth-order valence-electron chi connectivity index (χ4n) is 2.74. The lowest BCUT2D eigenvalue weighted by Gasteiger charge is -2.10. The molecule has 0 bridgehead atoms. The van der Waals surface area contributed by atoms with Crippen LogP contribution in [0.4, 0.5) is 5.69 Å². The largest absolute Gasteiger partial charge is 0.488 e. The summed E-state index contributed by atoms with van der Waals surface area (Å²) < 4.78 is 6.72. The highest BCUT2D eigenvalue weighted by atomic mass is 127. The quantitative estimate of drug-likeness (QED) is 0.140. The van der Waals surface area contributed by atoms with Crippen LogP contribution < -0.4 is 4.74 Å². The second-order valence-corrected chi connectivity index (χ2v) is 7.38. The zero-order valence-corrected chi connectivity index (χ0v) is 17.7. The van der Waals surface area contributed by atoms with Gasteiger partial charge in [0.15, 0.2) is 0 Å². The van der Waals surface area contributed by atoms with Gasteiger partial charge in [0.1, 0.15) is 12.4 Å². The number of non-ortho nitro benzene ring substituents is 1. The van der Waals surface area contributed by atoms with Crippen LogP contribution in [0, 0.1) is 36.3 Å². The summed E-state index contributed by atoms with van der Waals surface area (Å²) in [4.78, 5) is 10.3. The van der Waals surface area contributed by atoms with Gasteiger partial charge in [-0.2, -0.15) is 10.5 Å². The summed E-state index contributed by atoms with van der Waals surface area (Å²) in [6.07, 6.45) is 1.72. The molecule has 0 N–H and O–H groups in total. The smallest absolute Gasteiger partial charge is 0.269 e. The van der Waals surface area contributed by atoms with Crippen molar-refractivity contribution in [2.24, 2.45) is 0 Å².